The zero-order valence-corrected chi connectivity index (χ0v) is 10.4. The Labute approximate surface area is 109 Å². The molecule has 2 rings (SSSR count). The smallest absolute Gasteiger partial charge is 0.175 e. The van der Waals surface area contributed by atoms with E-state index in [-0.39, 0.29) is 18.0 Å². The molecule has 4 nitrogen and oxygen atoms in total. The van der Waals surface area contributed by atoms with Crippen molar-refractivity contribution in [1.29, 1.82) is 0 Å². The van der Waals surface area contributed by atoms with E-state index in [1.807, 2.05) is 0 Å². The van der Waals surface area contributed by atoms with Crippen LogP contribution in [0.25, 0.3) is 11.3 Å². The Morgan fingerprint density at radius 1 is 1.28 bits per heavy atom. The van der Waals surface area contributed by atoms with Gasteiger partial charge in [0.1, 0.15) is 17.7 Å². The molecule has 0 radical (unpaired) electrons. The second-order valence-electron chi connectivity index (χ2n) is 3.89. The summed E-state index contributed by atoms with van der Waals surface area (Å²) in [4.78, 5) is 22.8. The van der Waals surface area contributed by atoms with Crippen molar-refractivity contribution < 1.29 is 14.1 Å². The molecule has 0 bridgehead atoms. The lowest BCUT2D eigenvalue weighted by Gasteiger charge is -1.99. The van der Waals surface area contributed by atoms with Crippen molar-refractivity contribution in [3.63, 3.8) is 0 Å². The second-order valence-corrected chi connectivity index (χ2v) is 4.32. The molecule has 0 saturated carbocycles. The first-order valence-corrected chi connectivity index (χ1v) is 5.68. The maximum atomic E-state index is 11.8. The fourth-order valence-electron chi connectivity index (χ4n) is 1.57. The summed E-state index contributed by atoms with van der Waals surface area (Å²) in [5, 5.41) is 4.39. The van der Waals surface area contributed by atoms with E-state index in [0.717, 1.165) is 5.56 Å². The van der Waals surface area contributed by atoms with E-state index in [2.05, 4.69) is 5.16 Å². The summed E-state index contributed by atoms with van der Waals surface area (Å²) in [5.74, 6) is -0.489. The fraction of sp³-hybridized carbons (Fsp3) is 0.154. The first kappa shape index (κ1) is 12.5. The molecule has 0 spiro atoms. The number of hydrogen-bond acceptors (Lipinski definition) is 4. The molecule has 0 aliphatic rings. The third kappa shape index (κ3) is 2.65. The molecule has 92 valence electrons. The molecule has 5 heteroatoms. The van der Waals surface area contributed by atoms with Crippen LogP contribution in [-0.2, 0) is 4.79 Å². The minimum absolute atomic E-state index is 0.151. The Kier molecular flexibility index (Phi) is 3.58. The van der Waals surface area contributed by atoms with Crippen LogP contribution in [0.2, 0.25) is 5.02 Å². The van der Waals surface area contributed by atoms with Gasteiger partial charge in [-0.3, -0.25) is 9.59 Å². The minimum atomic E-state index is -0.297. The molecule has 0 saturated heterocycles. The molecule has 0 atom stereocenters. The van der Waals surface area contributed by atoms with Crippen LogP contribution in [0.3, 0.4) is 0 Å². The van der Waals surface area contributed by atoms with Crippen molar-refractivity contribution in [2.75, 3.05) is 0 Å². The third-order valence-corrected chi connectivity index (χ3v) is 2.65. The first-order chi connectivity index (χ1) is 8.58. The maximum Gasteiger partial charge on any atom is 0.175 e. The number of benzene rings is 1. The number of rotatable bonds is 4. The van der Waals surface area contributed by atoms with E-state index in [1.165, 1.54) is 13.2 Å². The Hall–Kier alpha value is -1.94. The molecule has 1 heterocycles. The lowest BCUT2D eigenvalue weighted by atomic mass is 10.0. The number of carbonyl (C=O) groups is 2. The van der Waals surface area contributed by atoms with Crippen molar-refractivity contribution in [2.45, 2.75) is 13.3 Å². The van der Waals surface area contributed by atoms with Crippen LogP contribution in [0.5, 0.6) is 0 Å². The number of carbonyl (C=O) groups excluding carboxylic acids is 2. The largest absolute Gasteiger partial charge is 0.363 e. The Bertz CT molecular complexity index is 587. The van der Waals surface area contributed by atoms with Gasteiger partial charge >= 0.3 is 0 Å². The van der Waals surface area contributed by atoms with E-state index >= 15 is 0 Å². The molecule has 0 fully saturated rings. The first-order valence-electron chi connectivity index (χ1n) is 5.31. The summed E-state index contributed by atoms with van der Waals surface area (Å²) >= 11 is 5.79. The van der Waals surface area contributed by atoms with Crippen LogP contribution in [0.4, 0.5) is 0 Å². The van der Waals surface area contributed by atoms with Gasteiger partial charge in [0, 0.05) is 10.6 Å². The standard InChI is InChI=1S/C13H10ClNO3/c1-8(16)6-12(17)11-7-18-15-13(11)9-2-4-10(14)5-3-9/h2-5,7H,6H2,1H3. The third-order valence-electron chi connectivity index (χ3n) is 2.40. The van der Waals surface area contributed by atoms with Crippen molar-refractivity contribution in [3.8, 4) is 11.3 Å². The molecular formula is C13H10ClNO3. The molecule has 0 aliphatic heterocycles. The fourth-order valence-corrected chi connectivity index (χ4v) is 1.70. The second kappa shape index (κ2) is 5.14. The number of aromatic nitrogens is 1. The van der Waals surface area contributed by atoms with Crippen molar-refractivity contribution in [1.82, 2.24) is 5.16 Å². The Morgan fingerprint density at radius 3 is 2.56 bits per heavy atom. The summed E-state index contributed by atoms with van der Waals surface area (Å²) in [6, 6.07) is 6.88. The normalized spacial score (nSPS) is 10.3. The van der Waals surface area contributed by atoms with Crippen LogP contribution in [0, 0.1) is 0 Å². The maximum absolute atomic E-state index is 11.8. The summed E-state index contributed by atoms with van der Waals surface area (Å²) in [7, 11) is 0. The van der Waals surface area contributed by atoms with Gasteiger partial charge in [0.15, 0.2) is 5.78 Å². The monoisotopic (exact) mass is 263 g/mol. The quantitative estimate of drug-likeness (QED) is 0.628. The van der Waals surface area contributed by atoms with Crippen LogP contribution < -0.4 is 0 Å². The number of halogens is 1. The summed E-state index contributed by atoms with van der Waals surface area (Å²) in [6.45, 7) is 1.37. The molecule has 0 aliphatic carbocycles. The van der Waals surface area contributed by atoms with E-state index in [4.69, 9.17) is 16.1 Å². The molecule has 0 amide bonds. The van der Waals surface area contributed by atoms with Gasteiger partial charge < -0.3 is 4.52 Å². The van der Waals surface area contributed by atoms with Gasteiger partial charge in [-0.2, -0.15) is 0 Å². The lowest BCUT2D eigenvalue weighted by Crippen LogP contribution is -2.05. The average molecular weight is 264 g/mol. The Morgan fingerprint density at radius 2 is 1.94 bits per heavy atom. The Balaban J connectivity index is 2.35. The summed E-state index contributed by atoms with van der Waals surface area (Å²) < 4.78 is 4.82. The minimum Gasteiger partial charge on any atom is -0.363 e. The molecule has 2 aromatic rings. The predicted molar refractivity (Wildman–Crippen MR) is 66.6 cm³/mol. The van der Waals surface area contributed by atoms with E-state index < -0.39 is 0 Å². The molecule has 18 heavy (non-hydrogen) atoms. The molecule has 1 aromatic carbocycles. The van der Waals surface area contributed by atoms with Gasteiger partial charge in [-0.1, -0.05) is 28.9 Å². The zero-order chi connectivity index (χ0) is 13.1. The zero-order valence-electron chi connectivity index (χ0n) is 9.64. The number of Topliss-reactive ketones (excluding diaryl/α,β-unsaturated/α-hetero) is 2. The summed E-state index contributed by atoms with van der Waals surface area (Å²) in [6.07, 6.45) is 1.11. The van der Waals surface area contributed by atoms with Gasteiger partial charge in [0.05, 0.1) is 12.0 Å². The van der Waals surface area contributed by atoms with E-state index in [1.54, 1.807) is 24.3 Å². The van der Waals surface area contributed by atoms with Crippen LogP contribution >= 0.6 is 11.6 Å². The summed E-state index contributed by atoms with van der Waals surface area (Å²) in [5.41, 5.74) is 1.46. The number of ketones is 2. The van der Waals surface area contributed by atoms with Crippen molar-refractivity contribution >= 4 is 23.2 Å². The van der Waals surface area contributed by atoms with Crippen LogP contribution in [0.1, 0.15) is 23.7 Å². The highest BCUT2D eigenvalue weighted by Gasteiger charge is 2.18. The van der Waals surface area contributed by atoms with Gasteiger partial charge in [0.25, 0.3) is 0 Å². The predicted octanol–water partition coefficient (Wildman–Crippen LogP) is 3.16. The molecule has 0 N–H and O–H groups in total. The van der Waals surface area contributed by atoms with Crippen LogP contribution in [-0.4, -0.2) is 16.7 Å². The molecule has 1 aromatic heterocycles. The van der Waals surface area contributed by atoms with E-state index in [9.17, 15) is 9.59 Å². The average Bonchev–Trinajstić information content (AvgIpc) is 2.78. The molecular weight excluding hydrogens is 254 g/mol. The highest BCUT2D eigenvalue weighted by Crippen LogP contribution is 2.24. The SMILES string of the molecule is CC(=O)CC(=O)c1conc1-c1ccc(Cl)cc1. The highest BCUT2D eigenvalue weighted by atomic mass is 35.5. The van der Waals surface area contributed by atoms with Gasteiger partial charge in [-0.15, -0.1) is 0 Å². The lowest BCUT2D eigenvalue weighted by molar-refractivity contribution is -0.116. The van der Waals surface area contributed by atoms with E-state index in [0.29, 0.717) is 16.3 Å². The number of nitrogens with zero attached hydrogens (tertiary/aromatic N) is 1. The topological polar surface area (TPSA) is 60.2 Å². The highest BCUT2D eigenvalue weighted by molar-refractivity contribution is 6.30. The van der Waals surface area contributed by atoms with Gasteiger partial charge in [-0.25, -0.2) is 0 Å². The van der Waals surface area contributed by atoms with Gasteiger partial charge in [-0.05, 0) is 19.1 Å². The van der Waals surface area contributed by atoms with Crippen LogP contribution in [0.15, 0.2) is 35.1 Å². The van der Waals surface area contributed by atoms with Crippen molar-refractivity contribution in [3.05, 3.63) is 41.1 Å². The van der Waals surface area contributed by atoms with Gasteiger partial charge in [0.2, 0.25) is 0 Å². The number of hydrogen-bond donors (Lipinski definition) is 0. The van der Waals surface area contributed by atoms with Crippen molar-refractivity contribution in [2.24, 2.45) is 0 Å². The molecule has 0 unspecified atom stereocenters.